The third-order valence-corrected chi connectivity index (χ3v) is 4.62. The van der Waals surface area contributed by atoms with Crippen LogP contribution in [0.5, 0.6) is 5.88 Å². The lowest BCUT2D eigenvalue weighted by Gasteiger charge is -2.12. The second-order valence-electron chi connectivity index (χ2n) is 6.44. The topological polar surface area (TPSA) is 84.9 Å². The summed E-state index contributed by atoms with van der Waals surface area (Å²) < 4.78 is 33.0. The Bertz CT molecular complexity index is 1000. The highest BCUT2D eigenvalue weighted by molar-refractivity contribution is 5.51. The van der Waals surface area contributed by atoms with Crippen molar-refractivity contribution in [3.05, 3.63) is 65.4 Å². The highest BCUT2D eigenvalue weighted by Crippen LogP contribution is 2.31. The molecule has 144 valence electrons. The van der Waals surface area contributed by atoms with Gasteiger partial charge in [0.1, 0.15) is 18.0 Å². The average Bonchev–Trinajstić information content (AvgIpc) is 3.11. The van der Waals surface area contributed by atoms with Crippen molar-refractivity contribution in [2.45, 2.75) is 18.9 Å². The van der Waals surface area contributed by atoms with Gasteiger partial charge in [-0.3, -0.25) is 0 Å². The number of fused-ring (bicyclic) bond motifs is 1. The van der Waals surface area contributed by atoms with Gasteiger partial charge in [-0.05, 0) is 24.1 Å². The number of hydrogen-bond donors (Lipinski definition) is 2. The lowest BCUT2D eigenvalue weighted by atomic mass is 9.96. The van der Waals surface area contributed by atoms with E-state index in [2.05, 4.69) is 30.6 Å². The van der Waals surface area contributed by atoms with E-state index in [9.17, 15) is 8.78 Å². The molecule has 0 spiro atoms. The molecule has 2 N–H and O–H groups in total. The van der Waals surface area contributed by atoms with Crippen molar-refractivity contribution < 1.29 is 13.5 Å². The van der Waals surface area contributed by atoms with Crippen LogP contribution in [0.2, 0.25) is 0 Å². The summed E-state index contributed by atoms with van der Waals surface area (Å²) in [5.74, 6) is 0.114. The second-order valence-corrected chi connectivity index (χ2v) is 6.44. The van der Waals surface area contributed by atoms with E-state index in [1.165, 1.54) is 25.7 Å². The SMILES string of the molecule is COc1ncc(CNc2ccc(CC3CNc4ncncc43)c(F)n2)cc1F. The molecule has 1 unspecified atom stereocenters. The predicted molar refractivity (Wildman–Crippen MR) is 99.2 cm³/mol. The van der Waals surface area contributed by atoms with Gasteiger partial charge in [-0.15, -0.1) is 0 Å². The summed E-state index contributed by atoms with van der Waals surface area (Å²) in [6, 6.07) is 4.73. The molecule has 4 rings (SSSR count). The Morgan fingerprint density at radius 2 is 2.14 bits per heavy atom. The molecule has 1 atom stereocenters. The van der Waals surface area contributed by atoms with Crippen molar-refractivity contribution in [2.75, 3.05) is 24.3 Å². The molecule has 0 aliphatic carbocycles. The van der Waals surface area contributed by atoms with Gasteiger partial charge in [-0.25, -0.2) is 24.3 Å². The van der Waals surface area contributed by atoms with Crippen LogP contribution in [0, 0.1) is 11.8 Å². The van der Waals surface area contributed by atoms with Gasteiger partial charge < -0.3 is 15.4 Å². The smallest absolute Gasteiger partial charge is 0.250 e. The molecule has 0 saturated carbocycles. The van der Waals surface area contributed by atoms with Crippen molar-refractivity contribution in [3.8, 4) is 5.88 Å². The summed E-state index contributed by atoms with van der Waals surface area (Å²) in [5, 5.41) is 6.17. The predicted octanol–water partition coefficient (Wildman–Crippen LogP) is 2.92. The summed E-state index contributed by atoms with van der Waals surface area (Å²) in [6.45, 7) is 0.945. The number of aromatic nitrogens is 4. The maximum absolute atomic E-state index is 14.5. The molecule has 1 aliphatic rings. The number of pyridine rings is 2. The van der Waals surface area contributed by atoms with E-state index in [-0.39, 0.29) is 18.3 Å². The van der Waals surface area contributed by atoms with Crippen LogP contribution in [-0.2, 0) is 13.0 Å². The molecule has 0 saturated heterocycles. The summed E-state index contributed by atoms with van der Waals surface area (Å²) in [4.78, 5) is 16.1. The summed E-state index contributed by atoms with van der Waals surface area (Å²) in [5.41, 5.74) is 2.10. The molecular weight excluding hydrogens is 366 g/mol. The van der Waals surface area contributed by atoms with Gasteiger partial charge in [-0.2, -0.15) is 4.39 Å². The summed E-state index contributed by atoms with van der Waals surface area (Å²) >= 11 is 0. The fraction of sp³-hybridized carbons (Fsp3) is 0.263. The molecule has 0 radical (unpaired) electrons. The maximum atomic E-state index is 14.5. The number of nitrogens with one attached hydrogen (secondary N) is 2. The molecule has 3 aromatic heterocycles. The van der Waals surface area contributed by atoms with Crippen LogP contribution in [0.3, 0.4) is 0 Å². The van der Waals surface area contributed by atoms with Crippen LogP contribution in [0.4, 0.5) is 20.4 Å². The summed E-state index contributed by atoms with van der Waals surface area (Å²) in [7, 11) is 1.35. The Morgan fingerprint density at radius 3 is 2.93 bits per heavy atom. The lowest BCUT2D eigenvalue weighted by molar-refractivity contribution is 0.368. The molecule has 0 bridgehead atoms. The fourth-order valence-electron chi connectivity index (χ4n) is 3.18. The number of rotatable bonds is 6. The van der Waals surface area contributed by atoms with Crippen LogP contribution in [-0.4, -0.2) is 33.6 Å². The number of hydrogen-bond acceptors (Lipinski definition) is 7. The molecule has 0 fully saturated rings. The zero-order chi connectivity index (χ0) is 19.5. The third-order valence-electron chi connectivity index (χ3n) is 4.62. The minimum Gasteiger partial charge on any atom is -0.479 e. The molecule has 9 heteroatoms. The Labute approximate surface area is 160 Å². The molecule has 1 aliphatic heterocycles. The van der Waals surface area contributed by atoms with Gasteiger partial charge in [0.15, 0.2) is 5.82 Å². The number of ether oxygens (including phenoxy) is 1. The van der Waals surface area contributed by atoms with E-state index in [1.807, 2.05) is 0 Å². The molecule has 28 heavy (non-hydrogen) atoms. The monoisotopic (exact) mass is 384 g/mol. The van der Waals surface area contributed by atoms with E-state index >= 15 is 0 Å². The first-order valence-electron chi connectivity index (χ1n) is 8.75. The molecule has 3 aromatic rings. The highest BCUT2D eigenvalue weighted by atomic mass is 19.1. The molecule has 7 nitrogen and oxygen atoms in total. The normalized spacial score (nSPS) is 15.0. The van der Waals surface area contributed by atoms with E-state index in [1.54, 1.807) is 18.3 Å². The fourth-order valence-corrected chi connectivity index (χ4v) is 3.18. The minimum absolute atomic E-state index is 0.0642. The van der Waals surface area contributed by atoms with E-state index in [0.29, 0.717) is 29.9 Å². The number of methoxy groups -OCH3 is 1. The Hall–Kier alpha value is -3.36. The molecule has 0 amide bonds. The van der Waals surface area contributed by atoms with Crippen LogP contribution in [0.15, 0.2) is 36.9 Å². The number of halogens is 2. The van der Waals surface area contributed by atoms with Crippen LogP contribution >= 0.6 is 0 Å². The van der Waals surface area contributed by atoms with Crippen molar-refractivity contribution in [3.63, 3.8) is 0 Å². The molecule has 0 aromatic carbocycles. The number of nitrogens with zero attached hydrogens (tertiary/aromatic N) is 4. The van der Waals surface area contributed by atoms with Gasteiger partial charge in [0, 0.05) is 42.5 Å². The van der Waals surface area contributed by atoms with E-state index < -0.39 is 11.8 Å². The molecule has 4 heterocycles. The van der Waals surface area contributed by atoms with E-state index in [4.69, 9.17) is 4.74 Å². The van der Waals surface area contributed by atoms with Gasteiger partial charge in [-0.1, -0.05) is 6.07 Å². The van der Waals surface area contributed by atoms with Crippen molar-refractivity contribution in [1.29, 1.82) is 0 Å². The Morgan fingerprint density at radius 1 is 1.25 bits per heavy atom. The van der Waals surface area contributed by atoms with Crippen molar-refractivity contribution in [1.82, 2.24) is 19.9 Å². The first kappa shape index (κ1) is 18.0. The average molecular weight is 384 g/mol. The second kappa shape index (κ2) is 7.71. The van der Waals surface area contributed by atoms with Gasteiger partial charge in [0.2, 0.25) is 11.8 Å². The van der Waals surface area contributed by atoms with Crippen LogP contribution in [0.25, 0.3) is 0 Å². The maximum Gasteiger partial charge on any atom is 0.250 e. The minimum atomic E-state index is -0.550. The zero-order valence-corrected chi connectivity index (χ0v) is 15.1. The standard InChI is InChI=1S/C19H18F2N6O/c1-28-19-15(20)4-11(7-25-19)6-23-16-3-2-12(17(21)27-16)5-13-8-24-18-14(13)9-22-10-26-18/h2-4,7,9-10,13H,5-6,8H2,1H3,(H,23,27)(H,22,24,26). The summed E-state index contributed by atoms with van der Waals surface area (Å²) in [6.07, 6.45) is 5.24. The first-order valence-corrected chi connectivity index (χ1v) is 8.75. The van der Waals surface area contributed by atoms with Crippen molar-refractivity contribution >= 4 is 11.6 Å². The quantitative estimate of drug-likeness (QED) is 0.632. The van der Waals surface area contributed by atoms with E-state index in [0.717, 1.165) is 11.4 Å². The Balaban J connectivity index is 1.41. The Kier molecular flexibility index (Phi) is 4.96. The molecular formula is C19H18F2N6O. The van der Waals surface area contributed by atoms with Crippen molar-refractivity contribution in [2.24, 2.45) is 0 Å². The van der Waals surface area contributed by atoms with Gasteiger partial charge in [0.25, 0.3) is 0 Å². The third kappa shape index (κ3) is 3.68. The number of anilines is 2. The van der Waals surface area contributed by atoms with Gasteiger partial charge in [0.05, 0.1) is 7.11 Å². The van der Waals surface area contributed by atoms with Crippen LogP contribution in [0.1, 0.15) is 22.6 Å². The lowest BCUT2D eigenvalue weighted by Crippen LogP contribution is -2.09. The van der Waals surface area contributed by atoms with Crippen LogP contribution < -0.4 is 15.4 Å². The largest absolute Gasteiger partial charge is 0.479 e. The van der Waals surface area contributed by atoms with Gasteiger partial charge >= 0.3 is 0 Å². The first-order chi connectivity index (χ1) is 13.6. The highest BCUT2D eigenvalue weighted by Gasteiger charge is 2.24. The zero-order valence-electron chi connectivity index (χ0n) is 15.1.